The van der Waals surface area contributed by atoms with Crippen LogP contribution in [0.2, 0.25) is 0 Å². The summed E-state index contributed by atoms with van der Waals surface area (Å²) in [4.78, 5) is 9.84. The van der Waals surface area contributed by atoms with Gasteiger partial charge in [-0.05, 0) is 57.0 Å². The monoisotopic (exact) mass is 545 g/mol. The Bertz CT molecular complexity index is 660. The smallest absolute Gasteiger partial charge is 0.191 e. The molecule has 1 unspecified atom stereocenters. The summed E-state index contributed by atoms with van der Waals surface area (Å²) in [5, 5.41) is 7.06. The normalized spacial score (nSPS) is 20.2. The average molecular weight is 546 g/mol. The van der Waals surface area contributed by atoms with Gasteiger partial charge in [-0.15, -0.1) is 24.0 Å². The number of likely N-dealkylation sites (tertiary alicyclic amines) is 2. The van der Waals surface area contributed by atoms with E-state index < -0.39 is 0 Å². The van der Waals surface area contributed by atoms with Crippen LogP contribution in [0.25, 0.3) is 0 Å². The zero-order chi connectivity index (χ0) is 21.2. The highest BCUT2D eigenvalue weighted by atomic mass is 127. The van der Waals surface area contributed by atoms with Gasteiger partial charge < -0.3 is 25.0 Å². The largest absolute Gasteiger partial charge is 0.497 e. The second-order valence-electron chi connectivity index (χ2n) is 8.25. The van der Waals surface area contributed by atoms with E-state index in [-0.39, 0.29) is 24.0 Å². The number of rotatable bonds is 9. The van der Waals surface area contributed by atoms with Gasteiger partial charge in [0.05, 0.1) is 20.8 Å². The predicted octanol–water partition coefficient (Wildman–Crippen LogP) is 2.94. The summed E-state index contributed by atoms with van der Waals surface area (Å²) in [6.45, 7) is 10.4. The first-order valence-electron chi connectivity index (χ1n) is 11.4. The minimum atomic E-state index is 0. The molecule has 0 saturated carbocycles. The number of ether oxygens (including phenoxy) is 2. The number of nitrogens with one attached hydrogen (secondary N) is 2. The van der Waals surface area contributed by atoms with E-state index in [9.17, 15) is 0 Å². The van der Waals surface area contributed by atoms with Gasteiger partial charge in [0.1, 0.15) is 11.5 Å². The second kappa shape index (κ2) is 14.0. The third-order valence-corrected chi connectivity index (χ3v) is 5.91. The molecule has 0 amide bonds. The van der Waals surface area contributed by atoms with Crippen molar-refractivity contribution >= 4 is 29.9 Å². The summed E-state index contributed by atoms with van der Waals surface area (Å²) in [5.74, 6) is 2.63. The highest BCUT2D eigenvalue weighted by Gasteiger charge is 2.23. The van der Waals surface area contributed by atoms with E-state index >= 15 is 0 Å². The standard InChI is InChI=1S/C23H39N5O2.HI/c1-4-24-23(25-9-13-27-10-6-5-7-11-27)26-20-8-12-28(18-20)17-19-14-21(29-2)16-22(15-19)30-3;/h14-16,20H,4-13,17-18H2,1-3H3,(H2,24,25,26);1H. The lowest BCUT2D eigenvalue weighted by atomic mass is 10.1. The summed E-state index contributed by atoms with van der Waals surface area (Å²) in [7, 11) is 3.39. The molecular formula is C23H40IN5O2. The topological polar surface area (TPSA) is 61.4 Å². The van der Waals surface area contributed by atoms with Crippen LogP contribution in [0.3, 0.4) is 0 Å². The highest BCUT2D eigenvalue weighted by molar-refractivity contribution is 14.0. The quantitative estimate of drug-likeness (QED) is 0.283. The minimum Gasteiger partial charge on any atom is -0.497 e. The van der Waals surface area contributed by atoms with Crippen molar-refractivity contribution in [2.45, 2.75) is 45.2 Å². The zero-order valence-electron chi connectivity index (χ0n) is 19.4. The van der Waals surface area contributed by atoms with Gasteiger partial charge in [0.15, 0.2) is 5.96 Å². The van der Waals surface area contributed by atoms with Crippen molar-refractivity contribution in [3.63, 3.8) is 0 Å². The van der Waals surface area contributed by atoms with Crippen LogP contribution in [0.1, 0.15) is 38.2 Å². The number of nitrogens with zero attached hydrogens (tertiary/aromatic N) is 3. The van der Waals surface area contributed by atoms with E-state index in [2.05, 4.69) is 39.5 Å². The summed E-state index contributed by atoms with van der Waals surface area (Å²) >= 11 is 0. The Labute approximate surface area is 205 Å². The van der Waals surface area contributed by atoms with Crippen LogP contribution in [-0.2, 0) is 6.54 Å². The molecule has 2 aliphatic heterocycles. The number of piperidine rings is 1. The number of guanidine groups is 1. The van der Waals surface area contributed by atoms with Crippen LogP contribution in [0, 0.1) is 0 Å². The van der Waals surface area contributed by atoms with Gasteiger partial charge in [-0.1, -0.05) is 6.42 Å². The van der Waals surface area contributed by atoms with Crippen molar-refractivity contribution in [1.82, 2.24) is 20.4 Å². The molecule has 2 saturated heterocycles. The lowest BCUT2D eigenvalue weighted by molar-refractivity contribution is 0.235. The first-order valence-corrected chi connectivity index (χ1v) is 11.4. The third kappa shape index (κ3) is 8.65. The Morgan fingerprint density at radius 2 is 1.74 bits per heavy atom. The molecule has 0 aromatic heterocycles. The molecule has 1 aromatic rings. The van der Waals surface area contributed by atoms with Crippen LogP contribution in [0.15, 0.2) is 23.2 Å². The Balaban J connectivity index is 0.00000341. The maximum Gasteiger partial charge on any atom is 0.191 e. The molecule has 0 aliphatic carbocycles. The number of aliphatic imine (C=N–C) groups is 1. The van der Waals surface area contributed by atoms with Crippen molar-refractivity contribution in [3.05, 3.63) is 23.8 Å². The molecule has 2 aliphatic rings. The molecule has 7 nitrogen and oxygen atoms in total. The van der Waals surface area contributed by atoms with Gasteiger partial charge in [0, 0.05) is 44.8 Å². The van der Waals surface area contributed by atoms with E-state index in [1.54, 1.807) is 14.2 Å². The summed E-state index contributed by atoms with van der Waals surface area (Å²) in [6.07, 6.45) is 5.17. The molecule has 0 radical (unpaired) electrons. The number of halogens is 1. The van der Waals surface area contributed by atoms with E-state index in [4.69, 9.17) is 14.5 Å². The maximum absolute atomic E-state index is 5.41. The average Bonchev–Trinajstić information content (AvgIpc) is 3.20. The Morgan fingerprint density at radius 1 is 1.03 bits per heavy atom. The van der Waals surface area contributed by atoms with Gasteiger partial charge in [-0.2, -0.15) is 0 Å². The first kappa shape index (κ1) is 26.0. The summed E-state index contributed by atoms with van der Waals surface area (Å²) in [6, 6.07) is 6.52. The van der Waals surface area contributed by atoms with E-state index in [1.807, 2.05) is 6.07 Å². The minimum absolute atomic E-state index is 0. The second-order valence-corrected chi connectivity index (χ2v) is 8.25. The fourth-order valence-electron chi connectivity index (χ4n) is 4.31. The fraction of sp³-hybridized carbons (Fsp3) is 0.696. The van der Waals surface area contributed by atoms with Crippen LogP contribution in [0.5, 0.6) is 11.5 Å². The van der Waals surface area contributed by atoms with Gasteiger partial charge in [0.2, 0.25) is 0 Å². The fourth-order valence-corrected chi connectivity index (χ4v) is 4.31. The van der Waals surface area contributed by atoms with Crippen LogP contribution in [0.4, 0.5) is 0 Å². The molecule has 1 atom stereocenters. The van der Waals surface area contributed by atoms with Crippen molar-refractivity contribution < 1.29 is 9.47 Å². The third-order valence-electron chi connectivity index (χ3n) is 5.91. The van der Waals surface area contributed by atoms with Crippen LogP contribution < -0.4 is 20.1 Å². The van der Waals surface area contributed by atoms with Gasteiger partial charge in [0.25, 0.3) is 0 Å². The molecule has 0 bridgehead atoms. The van der Waals surface area contributed by atoms with Gasteiger partial charge in [-0.3, -0.25) is 9.89 Å². The lowest BCUT2D eigenvalue weighted by Gasteiger charge is -2.25. The van der Waals surface area contributed by atoms with E-state index in [0.29, 0.717) is 6.04 Å². The van der Waals surface area contributed by atoms with E-state index in [1.165, 1.54) is 37.9 Å². The van der Waals surface area contributed by atoms with Gasteiger partial charge >= 0.3 is 0 Å². The highest BCUT2D eigenvalue weighted by Crippen LogP contribution is 2.24. The summed E-state index contributed by atoms with van der Waals surface area (Å²) in [5.41, 5.74) is 1.22. The number of hydrogen-bond donors (Lipinski definition) is 2. The molecule has 3 rings (SSSR count). The number of hydrogen-bond acceptors (Lipinski definition) is 5. The maximum atomic E-state index is 5.41. The summed E-state index contributed by atoms with van der Waals surface area (Å²) < 4.78 is 10.8. The Kier molecular flexibility index (Phi) is 11.7. The van der Waals surface area contributed by atoms with E-state index in [0.717, 1.165) is 63.1 Å². The molecular weight excluding hydrogens is 505 g/mol. The van der Waals surface area contributed by atoms with Crippen molar-refractivity contribution in [2.75, 3.05) is 60.0 Å². The first-order chi connectivity index (χ1) is 14.7. The zero-order valence-corrected chi connectivity index (χ0v) is 21.7. The predicted molar refractivity (Wildman–Crippen MR) is 138 cm³/mol. The van der Waals surface area contributed by atoms with Crippen LogP contribution >= 0.6 is 24.0 Å². The molecule has 1 aromatic carbocycles. The number of methoxy groups -OCH3 is 2. The molecule has 2 N–H and O–H groups in total. The molecule has 31 heavy (non-hydrogen) atoms. The van der Waals surface area contributed by atoms with Crippen molar-refractivity contribution in [3.8, 4) is 11.5 Å². The van der Waals surface area contributed by atoms with Crippen molar-refractivity contribution in [1.29, 1.82) is 0 Å². The molecule has 0 spiro atoms. The lowest BCUT2D eigenvalue weighted by Crippen LogP contribution is -2.45. The molecule has 8 heteroatoms. The van der Waals surface area contributed by atoms with Gasteiger partial charge in [-0.25, -0.2) is 0 Å². The Hall–Kier alpha value is -1.26. The SMILES string of the molecule is CCNC(=NCCN1CCCCC1)NC1CCN(Cc2cc(OC)cc(OC)c2)C1.I. The van der Waals surface area contributed by atoms with Crippen LogP contribution in [-0.4, -0.2) is 81.8 Å². The number of benzene rings is 1. The molecule has 176 valence electrons. The molecule has 2 heterocycles. The Morgan fingerprint density at radius 3 is 2.39 bits per heavy atom. The van der Waals surface area contributed by atoms with Crippen molar-refractivity contribution in [2.24, 2.45) is 4.99 Å². The molecule has 2 fully saturated rings.